The first kappa shape index (κ1) is 27.9. The minimum Gasteiger partial charge on any atom is -0.489 e. The van der Waals surface area contributed by atoms with Crippen LogP contribution in [0.15, 0.2) is 48.5 Å². The second-order valence-corrected chi connectivity index (χ2v) is 8.22. The maximum Gasteiger partial charge on any atom is 0.864 e. The highest BCUT2D eigenvalue weighted by Gasteiger charge is 2.36. The molecule has 0 unspecified atom stereocenters. The average molecular weight is 588 g/mol. The Morgan fingerprint density at radius 1 is 0.390 bits per heavy atom. The molecule has 3 nitrogen and oxygen atoms in total. The number of hydrogen-bond donors (Lipinski definition) is 0. The number of benzene rings is 5. The van der Waals surface area contributed by atoms with Crippen molar-refractivity contribution in [3.63, 3.8) is 0 Å². The van der Waals surface area contributed by atoms with Crippen LogP contribution in [0.2, 0.25) is 0 Å². The fourth-order valence-electron chi connectivity index (χ4n) is 3.89. The summed E-state index contributed by atoms with van der Waals surface area (Å²) in [5, 5.41) is -3.84. The van der Waals surface area contributed by atoms with Gasteiger partial charge in [0, 0.05) is 10.8 Å². The molecule has 0 heterocycles. The summed E-state index contributed by atoms with van der Waals surface area (Å²) in [6.07, 6.45) is 0. The van der Waals surface area contributed by atoms with Crippen LogP contribution in [0.3, 0.4) is 0 Å². The van der Waals surface area contributed by atoms with Crippen molar-refractivity contribution < 1.29 is 62.3 Å². The predicted octanol–water partition coefficient (Wildman–Crippen LogP) is 8.04. The zero-order valence-electron chi connectivity index (χ0n) is 19.6. The van der Waals surface area contributed by atoms with E-state index in [1.807, 2.05) is 0 Å². The van der Waals surface area contributed by atoms with Gasteiger partial charge in [-0.05, 0) is 48.5 Å². The molecule has 41 heavy (non-hydrogen) atoms. The summed E-state index contributed by atoms with van der Waals surface area (Å²) in [6, 6.07) is 3.88. The molecule has 0 bridgehead atoms. The lowest BCUT2D eigenvalue weighted by atomic mass is 10.1. The van der Waals surface area contributed by atoms with Gasteiger partial charge in [0.25, 0.3) is 0 Å². The number of hydrogen-bond acceptors (Lipinski definition) is 3. The molecule has 0 spiro atoms. The molecule has 0 aromatic heterocycles. The standard InChI is InChI=1S/C26H8BF11O3/c28-11-3-5-17(9-7-15(32)21(34)24(37)19(9)11)39-27(41-26-14(31)2-1-13(30)23(26)36)40-18-6-4-12(29)20-10(18)8-16(33)22(35)25(20)38/h1-8H. The Morgan fingerprint density at radius 3 is 1.27 bits per heavy atom. The van der Waals surface area contributed by atoms with Crippen molar-refractivity contribution in [1.82, 2.24) is 0 Å². The van der Waals surface area contributed by atoms with Gasteiger partial charge in [0.1, 0.15) is 23.1 Å². The summed E-state index contributed by atoms with van der Waals surface area (Å²) in [7, 11) is -2.57. The zero-order chi connectivity index (χ0) is 29.7. The Bertz CT molecular complexity index is 1760. The average Bonchev–Trinajstić information content (AvgIpc) is 2.93. The van der Waals surface area contributed by atoms with E-state index in [4.69, 9.17) is 14.0 Å². The minimum absolute atomic E-state index is 0.299. The van der Waals surface area contributed by atoms with Gasteiger partial charge in [-0.1, -0.05) is 0 Å². The molecule has 0 saturated carbocycles. The van der Waals surface area contributed by atoms with E-state index in [9.17, 15) is 48.3 Å². The first-order valence-corrected chi connectivity index (χ1v) is 11.0. The molecule has 5 aromatic carbocycles. The predicted molar refractivity (Wildman–Crippen MR) is 122 cm³/mol. The number of rotatable bonds is 6. The summed E-state index contributed by atoms with van der Waals surface area (Å²) in [6.45, 7) is 0. The van der Waals surface area contributed by atoms with Gasteiger partial charge >= 0.3 is 7.32 Å². The highest BCUT2D eigenvalue weighted by atomic mass is 19.2. The SMILES string of the molecule is Fc1ccc(F)c(OB(Oc2ccc(F)c3c(F)c(F)c(F)cc23)Oc2ccc(F)c3c(F)c(F)c(F)cc23)c1F. The Labute approximate surface area is 221 Å². The van der Waals surface area contributed by atoms with Gasteiger partial charge in [-0.25, -0.2) is 43.9 Å². The molecule has 0 aliphatic carbocycles. The maximum absolute atomic E-state index is 14.4. The van der Waals surface area contributed by atoms with E-state index >= 15 is 0 Å². The van der Waals surface area contributed by atoms with Gasteiger partial charge in [0.15, 0.2) is 52.3 Å². The van der Waals surface area contributed by atoms with Crippen LogP contribution in [0.4, 0.5) is 48.3 Å². The smallest absolute Gasteiger partial charge is 0.489 e. The number of fused-ring (bicyclic) bond motifs is 2. The van der Waals surface area contributed by atoms with Crippen LogP contribution in [0.25, 0.3) is 21.5 Å². The highest BCUT2D eigenvalue weighted by molar-refractivity contribution is 6.40. The molecule has 0 amide bonds. The molecule has 0 aliphatic rings. The Balaban J connectivity index is 1.67. The lowest BCUT2D eigenvalue weighted by molar-refractivity contribution is 0.291. The summed E-state index contributed by atoms with van der Waals surface area (Å²) in [4.78, 5) is 0. The molecule has 5 aromatic rings. The zero-order valence-corrected chi connectivity index (χ0v) is 19.6. The van der Waals surface area contributed by atoms with E-state index in [1.54, 1.807) is 0 Å². The van der Waals surface area contributed by atoms with Crippen LogP contribution in [0, 0.1) is 64.0 Å². The Morgan fingerprint density at radius 2 is 0.805 bits per heavy atom. The van der Waals surface area contributed by atoms with Crippen LogP contribution < -0.4 is 14.0 Å². The fraction of sp³-hybridized carbons (Fsp3) is 0. The Kier molecular flexibility index (Phi) is 7.05. The van der Waals surface area contributed by atoms with Crippen LogP contribution in [-0.4, -0.2) is 7.32 Å². The Hall–Kier alpha value is -4.69. The molecule has 0 fully saturated rings. The van der Waals surface area contributed by atoms with Crippen LogP contribution in [0.1, 0.15) is 0 Å². The van der Waals surface area contributed by atoms with Crippen molar-refractivity contribution in [3.05, 3.63) is 113 Å². The van der Waals surface area contributed by atoms with Crippen molar-refractivity contribution in [1.29, 1.82) is 0 Å². The third kappa shape index (κ3) is 4.81. The monoisotopic (exact) mass is 588 g/mol. The van der Waals surface area contributed by atoms with Gasteiger partial charge in [0.2, 0.25) is 5.82 Å². The first-order chi connectivity index (χ1) is 19.4. The van der Waals surface area contributed by atoms with E-state index in [2.05, 4.69) is 0 Å². The molecule has 0 aliphatic heterocycles. The molecule has 0 atom stereocenters. The van der Waals surface area contributed by atoms with Crippen LogP contribution >= 0.6 is 0 Å². The van der Waals surface area contributed by atoms with Crippen LogP contribution in [0.5, 0.6) is 17.2 Å². The summed E-state index contributed by atoms with van der Waals surface area (Å²) < 4.78 is 171. The van der Waals surface area contributed by atoms with E-state index < -0.39 is 110 Å². The minimum atomic E-state index is -2.57. The topological polar surface area (TPSA) is 27.7 Å². The molecule has 0 N–H and O–H groups in total. The van der Waals surface area contributed by atoms with Gasteiger partial charge in [-0.2, -0.15) is 4.39 Å². The fourth-order valence-corrected chi connectivity index (χ4v) is 3.89. The van der Waals surface area contributed by atoms with Gasteiger partial charge in [-0.15, -0.1) is 0 Å². The van der Waals surface area contributed by atoms with Crippen molar-refractivity contribution in [2.24, 2.45) is 0 Å². The van der Waals surface area contributed by atoms with Crippen molar-refractivity contribution in [3.8, 4) is 17.2 Å². The summed E-state index contributed by atoms with van der Waals surface area (Å²) in [5.74, 6) is -22.5. The molecule has 210 valence electrons. The quantitative estimate of drug-likeness (QED) is 0.0871. The van der Waals surface area contributed by atoms with E-state index in [0.29, 0.717) is 48.5 Å². The maximum atomic E-state index is 14.4. The molecule has 0 radical (unpaired) electrons. The third-order valence-electron chi connectivity index (χ3n) is 5.76. The highest BCUT2D eigenvalue weighted by Crippen LogP contribution is 2.36. The molecular formula is C26H8BF11O3. The second kappa shape index (κ2) is 10.4. The van der Waals surface area contributed by atoms with E-state index in [-0.39, 0.29) is 0 Å². The largest absolute Gasteiger partial charge is 0.864 e. The van der Waals surface area contributed by atoms with Gasteiger partial charge < -0.3 is 14.0 Å². The second-order valence-electron chi connectivity index (χ2n) is 8.22. The van der Waals surface area contributed by atoms with Gasteiger partial charge in [-0.3, -0.25) is 0 Å². The van der Waals surface area contributed by atoms with Crippen molar-refractivity contribution >= 4 is 28.9 Å². The lowest BCUT2D eigenvalue weighted by Crippen LogP contribution is -2.37. The van der Waals surface area contributed by atoms with Crippen molar-refractivity contribution in [2.75, 3.05) is 0 Å². The third-order valence-corrected chi connectivity index (χ3v) is 5.76. The van der Waals surface area contributed by atoms with E-state index in [0.717, 1.165) is 0 Å². The van der Waals surface area contributed by atoms with Crippen molar-refractivity contribution in [2.45, 2.75) is 0 Å². The summed E-state index contributed by atoms with van der Waals surface area (Å²) >= 11 is 0. The first-order valence-electron chi connectivity index (χ1n) is 11.0. The van der Waals surface area contributed by atoms with Crippen LogP contribution in [-0.2, 0) is 0 Å². The molecule has 15 heteroatoms. The lowest BCUT2D eigenvalue weighted by Gasteiger charge is -2.20. The molecule has 5 rings (SSSR count). The summed E-state index contributed by atoms with van der Waals surface area (Å²) in [5.41, 5.74) is 0. The van der Waals surface area contributed by atoms with E-state index in [1.165, 1.54) is 0 Å². The normalized spacial score (nSPS) is 11.3. The molecule has 0 saturated heterocycles. The number of halogens is 11. The molecular weight excluding hydrogens is 580 g/mol. The van der Waals surface area contributed by atoms with Gasteiger partial charge in [0.05, 0.1) is 10.8 Å².